The normalized spacial score (nSPS) is 11.2. The minimum atomic E-state index is -4.11. The van der Waals surface area contributed by atoms with Crippen molar-refractivity contribution in [2.24, 2.45) is 0 Å². The van der Waals surface area contributed by atoms with Crippen LogP contribution >= 0.6 is 0 Å². The summed E-state index contributed by atoms with van der Waals surface area (Å²) in [5.41, 5.74) is -0.0841. The fourth-order valence-corrected chi connectivity index (χ4v) is 3.68. The van der Waals surface area contributed by atoms with Gasteiger partial charge in [0.1, 0.15) is 16.5 Å². The van der Waals surface area contributed by atoms with E-state index in [4.69, 9.17) is 4.74 Å². The number of hydrogen-bond acceptors (Lipinski definition) is 7. The topological polar surface area (TPSA) is 132 Å². The number of halogens is 1. The van der Waals surface area contributed by atoms with E-state index in [1.54, 1.807) is 12.1 Å². The molecule has 0 saturated carbocycles. The van der Waals surface area contributed by atoms with Crippen molar-refractivity contribution >= 4 is 15.7 Å². The first kappa shape index (κ1) is 19.3. The van der Waals surface area contributed by atoms with E-state index in [0.717, 1.165) is 4.68 Å². The zero-order chi connectivity index (χ0) is 21.1. The summed E-state index contributed by atoms with van der Waals surface area (Å²) in [6.45, 7) is 0. The SMILES string of the molecule is O=c1[nH]nnn1-c1cccc(NS(=O)(=O)c2cccnc2Oc2ccc(F)cc2)c1. The van der Waals surface area contributed by atoms with Gasteiger partial charge in [-0.2, -0.15) is 4.68 Å². The molecule has 0 fully saturated rings. The predicted molar refractivity (Wildman–Crippen MR) is 103 cm³/mol. The second kappa shape index (κ2) is 7.75. The molecule has 0 saturated heterocycles. The van der Waals surface area contributed by atoms with E-state index < -0.39 is 21.5 Å². The molecule has 2 N–H and O–H groups in total. The van der Waals surface area contributed by atoms with Gasteiger partial charge in [0, 0.05) is 6.20 Å². The Balaban J connectivity index is 1.64. The Bertz CT molecular complexity index is 1350. The number of nitrogens with one attached hydrogen (secondary N) is 2. The number of anilines is 1. The molecule has 10 nitrogen and oxygen atoms in total. The van der Waals surface area contributed by atoms with Gasteiger partial charge in [0.2, 0.25) is 5.88 Å². The second-order valence-corrected chi connectivity index (χ2v) is 7.59. The number of tetrazole rings is 1. The highest BCUT2D eigenvalue weighted by Crippen LogP contribution is 2.28. The number of aromatic amines is 1. The molecule has 2 aromatic heterocycles. The van der Waals surface area contributed by atoms with Gasteiger partial charge in [-0.1, -0.05) is 6.07 Å². The highest BCUT2D eigenvalue weighted by atomic mass is 32.2. The molecular formula is C18H13FN6O4S. The maximum Gasteiger partial charge on any atom is 0.365 e. The Morgan fingerprint density at radius 2 is 1.87 bits per heavy atom. The summed E-state index contributed by atoms with van der Waals surface area (Å²) in [5.74, 6) is -0.413. The molecule has 2 heterocycles. The summed E-state index contributed by atoms with van der Waals surface area (Å²) in [6, 6.07) is 13.9. The largest absolute Gasteiger partial charge is 0.438 e. The first-order chi connectivity index (χ1) is 14.4. The van der Waals surface area contributed by atoms with E-state index in [1.165, 1.54) is 54.7 Å². The van der Waals surface area contributed by atoms with Crippen LogP contribution in [-0.2, 0) is 10.0 Å². The van der Waals surface area contributed by atoms with Gasteiger partial charge < -0.3 is 4.74 Å². The summed E-state index contributed by atoms with van der Waals surface area (Å²) >= 11 is 0. The lowest BCUT2D eigenvalue weighted by atomic mass is 10.3. The van der Waals surface area contributed by atoms with Crippen molar-refractivity contribution in [3.8, 4) is 17.3 Å². The number of H-pyrrole nitrogens is 1. The van der Waals surface area contributed by atoms with Gasteiger partial charge in [0.25, 0.3) is 10.0 Å². The van der Waals surface area contributed by atoms with Crippen LogP contribution in [0.4, 0.5) is 10.1 Å². The molecule has 30 heavy (non-hydrogen) atoms. The van der Waals surface area contributed by atoms with Crippen molar-refractivity contribution in [2.45, 2.75) is 4.90 Å². The van der Waals surface area contributed by atoms with Crippen LogP contribution in [0.15, 0.2) is 76.6 Å². The maximum absolute atomic E-state index is 13.1. The minimum absolute atomic E-state index is 0.180. The Labute approximate surface area is 169 Å². The van der Waals surface area contributed by atoms with Crippen LogP contribution < -0.4 is 15.1 Å². The highest BCUT2D eigenvalue weighted by molar-refractivity contribution is 7.92. The number of aromatic nitrogens is 5. The summed E-state index contributed by atoms with van der Waals surface area (Å²) in [4.78, 5) is 15.4. The summed E-state index contributed by atoms with van der Waals surface area (Å²) < 4.78 is 47.9. The van der Waals surface area contributed by atoms with E-state index >= 15 is 0 Å². The molecule has 12 heteroatoms. The van der Waals surface area contributed by atoms with Crippen LogP contribution in [0.3, 0.4) is 0 Å². The average Bonchev–Trinajstić information content (AvgIpc) is 3.16. The Morgan fingerprint density at radius 3 is 2.60 bits per heavy atom. The predicted octanol–water partition coefficient (Wildman–Crippen LogP) is 2.08. The van der Waals surface area contributed by atoms with Gasteiger partial charge in [-0.15, -0.1) is 0 Å². The van der Waals surface area contributed by atoms with Crippen molar-refractivity contribution in [3.05, 3.63) is 83.2 Å². The van der Waals surface area contributed by atoms with E-state index in [2.05, 4.69) is 25.2 Å². The van der Waals surface area contributed by atoms with Crippen LogP contribution in [0.5, 0.6) is 11.6 Å². The molecule has 0 radical (unpaired) electrons. The average molecular weight is 428 g/mol. The van der Waals surface area contributed by atoms with Crippen LogP contribution in [0.25, 0.3) is 5.69 Å². The van der Waals surface area contributed by atoms with E-state index in [9.17, 15) is 17.6 Å². The molecule has 0 amide bonds. The summed E-state index contributed by atoms with van der Waals surface area (Å²) in [6.07, 6.45) is 1.37. The number of hydrogen-bond donors (Lipinski definition) is 2. The van der Waals surface area contributed by atoms with E-state index in [-0.39, 0.29) is 22.2 Å². The fourth-order valence-electron chi connectivity index (χ4n) is 2.55. The monoisotopic (exact) mass is 428 g/mol. The Morgan fingerprint density at radius 1 is 1.07 bits per heavy atom. The number of sulfonamides is 1. The van der Waals surface area contributed by atoms with Gasteiger partial charge in [-0.3, -0.25) is 4.72 Å². The van der Waals surface area contributed by atoms with Gasteiger partial charge in [-0.25, -0.2) is 27.7 Å². The molecule has 0 aliphatic heterocycles. The molecule has 0 bridgehead atoms. The van der Waals surface area contributed by atoms with E-state index in [1.807, 2.05) is 0 Å². The quantitative estimate of drug-likeness (QED) is 0.480. The number of pyridine rings is 1. The molecule has 0 spiro atoms. The van der Waals surface area contributed by atoms with Gasteiger partial charge in [0.15, 0.2) is 0 Å². The summed E-state index contributed by atoms with van der Waals surface area (Å²) in [7, 11) is -4.11. The van der Waals surface area contributed by atoms with Gasteiger partial charge in [0.05, 0.1) is 11.4 Å². The zero-order valence-electron chi connectivity index (χ0n) is 15.1. The molecule has 4 rings (SSSR count). The third-order valence-corrected chi connectivity index (χ3v) is 5.26. The fraction of sp³-hybridized carbons (Fsp3) is 0. The zero-order valence-corrected chi connectivity index (χ0v) is 15.9. The van der Waals surface area contributed by atoms with Crippen LogP contribution in [-0.4, -0.2) is 33.6 Å². The van der Waals surface area contributed by atoms with E-state index in [0.29, 0.717) is 5.69 Å². The lowest BCUT2D eigenvalue weighted by Gasteiger charge is -2.12. The summed E-state index contributed by atoms with van der Waals surface area (Å²) in [5, 5.41) is 9.16. The lowest BCUT2D eigenvalue weighted by Crippen LogP contribution is -2.17. The highest BCUT2D eigenvalue weighted by Gasteiger charge is 2.21. The molecule has 0 atom stereocenters. The number of nitrogens with zero attached hydrogens (tertiary/aromatic N) is 4. The van der Waals surface area contributed by atoms with Crippen molar-refractivity contribution < 1.29 is 17.5 Å². The van der Waals surface area contributed by atoms with Gasteiger partial charge in [-0.05, 0) is 65.0 Å². The molecule has 0 unspecified atom stereocenters. The maximum atomic E-state index is 13.1. The molecule has 0 aliphatic rings. The smallest absolute Gasteiger partial charge is 0.365 e. The first-order valence-electron chi connectivity index (χ1n) is 8.44. The van der Waals surface area contributed by atoms with Crippen molar-refractivity contribution in [3.63, 3.8) is 0 Å². The van der Waals surface area contributed by atoms with Gasteiger partial charge >= 0.3 is 5.69 Å². The first-order valence-corrected chi connectivity index (χ1v) is 9.93. The standard InChI is InChI=1S/C18H13FN6O4S/c19-12-6-8-15(9-7-12)29-17-16(5-2-10-20-17)30(27,28)22-13-3-1-4-14(11-13)25-18(26)21-23-24-25/h1-11,22H,(H,21,24,26). The van der Waals surface area contributed by atoms with Crippen molar-refractivity contribution in [2.75, 3.05) is 4.72 Å². The third-order valence-electron chi connectivity index (χ3n) is 3.87. The Kier molecular flexibility index (Phi) is 4.98. The number of ether oxygens (including phenoxy) is 1. The number of rotatable bonds is 6. The molecule has 2 aromatic carbocycles. The van der Waals surface area contributed by atoms with Crippen molar-refractivity contribution in [1.29, 1.82) is 0 Å². The minimum Gasteiger partial charge on any atom is -0.438 e. The lowest BCUT2D eigenvalue weighted by molar-refractivity contribution is 0.446. The van der Waals surface area contributed by atoms with Crippen molar-refractivity contribution in [1.82, 2.24) is 25.2 Å². The number of benzene rings is 2. The van der Waals surface area contributed by atoms with Crippen LogP contribution in [0.1, 0.15) is 0 Å². The Hall–Kier alpha value is -4.06. The van der Waals surface area contributed by atoms with Crippen LogP contribution in [0, 0.1) is 5.82 Å². The molecular weight excluding hydrogens is 415 g/mol. The second-order valence-electron chi connectivity index (χ2n) is 5.94. The third kappa shape index (κ3) is 4.03. The molecule has 4 aromatic rings. The van der Waals surface area contributed by atoms with Crippen LogP contribution in [0.2, 0.25) is 0 Å². The molecule has 152 valence electrons. The molecule has 0 aliphatic carbocycles.